The van der Waals surface area contributed by atoms with E-state index in [1.165, 1.54) is 17.5 Å². The number of nitrogens with two attached hydrogens (primary N) is 1. The number of hydrogen-bond donors (Lipinski definition) is 2. The molecule has 1 heterocycles. The van der Waals surface area contributed by atoms with Crippen LogP contribution < -0.4 is 11.1 Å². The zero-order valence-electron chi connectivity index (χ0n) is 10.9. The zero-order valence-corrected chi connectivity index (χ0v) is 11.6. The van der Waals surface area contributed by atoms with E-state index in [1.807, 2.05) is 0 Å². The minimum absolute atomic E-state index is 0.210. The normalized spacial score (nSPS) is 25.9. The van der Waals surface area contributed by atoms with Crippen LogP contribution in [0.5, 0.6) is 0 Å². The Kier molecular flexibility index (Phi) is 2.60. The summed E-state index contributed by atoms with van der Waals surface area (Å²) >= 11 is 5.87. The maximum atomic E-state index is 5.87. The van der Waals surface area contributed by atoms with Crippen molar-refractivity contribution < 1.29 is 0 Å². The fourth-order valence-electron chi connectivity index (χ4n) is 3.51. The van der Waals surface area contributed by atoms with Crippen molar-refractivity contribution in [1.82, 2.24) is 9.97 Å². The van der Waals surface area contributed by atoms with Crippen molar-refractivity contribution in [2.75, 3.05) is 17.6 Å². The Morgan fingerprint density at radius 3 is 3.00 bits per heavy atom. The van der Waals surface area contributed by atoms with Gasteiger partial charge >= 0.3 is 0 Å². The Morgan fingerprint density at radius 1 is 1.30 bits per heavy atom. The van der Waals surface area contributed by atoms with Gasteiger partial charge in [-0.25, -0.2) is 4.98 Å². The third-order valence-corrected chi connectivity index (χ3v) is 4.63. The molecular formula is C15H15ClN4. The van der Waals surface area contributed by atoms with E-state index < -0.39 is 0 Å². The van der Waals surface area contributed by atoms with Crippen molar-refractivity contribution in [3.63, 3.8) is 0 Å². The molecule has 102 valence electrons. The summed E-state index contributed by atoms with van der Waals surface area (Å²) in [4.78, 5) is 8.00. The molecule has 0 radical (unpaired) electrons. The predicted octanol–water partition coefficient (Wildman–Crippen LogP) is 2.71. The molecule has 1 aromatic heterocycles. The highest BCUT2D eigenvalue weighted by molar-refractivity contribution is 6.29. The Bertz CT molecular complexity index is 652. The summed E-state index contributed by atoms with van der Waals surface area (Å²) in [6, 6.07) is 10.5. The van der Waals surface area contributed by atoms with E-state index in [2.05, 4.69) is 39.6 Å². The van der Waals surface area contributed by atoms with E-state index in [0.29, 0.717) is 22.8 Å². The van der Waals surface area contributed by atoms with Crippen molar-refractivity contribution in [3.05, 3.63) is 46.6 Å². The van der Waals surface area contributed by atoms with Gasteiger partial charge in [-0.1, -0.05) is 35.9 Å². The van der Waals surface area contributed by atoms with Crippen LogP contribution in [-0.4, -0.2) is 16.5 Å². The summed E-state index contributed by atoms with van der Waals surface area (Å²) in [6.07, 6.45) is 1.21. The van der Waals surface area contributed by atoms with E-state index in [-0.39, 0.29) is 5.95 Å². The number of rotatable bonds is 3. The SMILES string of the molecule is Nc1nc(Cl)cc(NCC2C3Cc4ccccc4C23)n1. The minimum Gasteiger partial charge on any atom is -0.370 e. The summed E-state index contributed by atoms with van der Waals surface area (Å²) in [7, 11) is 0. The summed E-state index contributed by atoms with van der Waals surface area (Å²) < 4.78 is 0. The molecule has 0 amide bonds. The second-order valence-electron chi connectivity index (χ2n) is 5.57. The highest BCUT2D eigenvalue weighted by Crippen LogP contribution is 2.61. The Hall–Kier alpha value is -1.81. The molecule has 1 saturated carbocycles. The average molecular weight is 287 g/mol. The van der Waals surface area contributed by atoms with E-state index in [9.17, 15) is 0 Å². The van der Waals surface area contributed by atoms with Gasteiger partial charge < -0.3 is 11.1 Å². The van der Waals surface area contributed by atoms with E-state index in [0.717, 1.165) is 12.5 Å². The molecule has 20 heavy (non-hydrogen) atoms. The van der Waals surface area contributed by atoms with Gasteiger partial charge in [0.1, 0.15) is 11.0 Å². The molecule has 4 nitrogen and oxygen atoms in total. The van der Waals surface area contributed by atoms with Crippen LogP contribution in [0.15, 0.2) is 30.3 Å². The largest absolute Gasteiger partial charge is 0.370 e. The van der Waals surface area contributed by atoms with Crippen molar-refractivity contribution in [2.45, 2.75) is 12.3 Å². The third kappa shape index (κ3) is 1.91. The van der Waals surface area contributed by atoms with Crippen LogP contribution in [0.2, 0.25) is 5.15 Å². The van der Waals surface area contributed by atoms with Crippen LogP contribution in [0.25, 0.3) is 0 Å². The molecule has 1 fully saturated rings. The van der Waals surface area contributed by atoms with E-state index >= 15 is 0 Å². The topological polar surface area (TPSA) is 63.8 Å². The summed E-state index contributed by atoms with van der Waals surface area (Å²) in [5.74, 6) is 3.12. The molecule has 1 aromatic carbocycles. The second-order valence-corrected chi connectivity index (χ2v) is 5.96. The minimum atomic E-state index is 0.210. The van der Waals surface area contributed by atoms with Gasteiger partial charge in [0.15, 0.2) is 0 Å². The first-order valence-electron chi connectivity index (χ1n) is 6.84. The average Bonchev–Trinajstić information content (AvgIpc) is 2.94. The molecule has 0 spiro atoms. The Morgan fingerprint density at radius 2 is 2.15 bits per heavy atom. The molecule has 0 aliphatic heterocycles. The number of aromatic nitrogens is 2. The van der Waals surface area contributed by atoms with Crippen molar-refractivity contribution in [2.24, 2.45) is 11.8 Å². The number of benzene rings is 1. The fourth-order valence-corrected chi connectivity index (χ4v) is 3.70. The summed E-state index contributed by atoms with van der Waals surface area (Å²) in [6.45, 7) is 0.913. The lowest BCUT2D eigenvalue weighted by Gasteiger charge is -2.09. The van der Waals surface area contributed by atoms with Gasteiger partial charge in [0, 0.05) is 12.6 Å². The van der Waals surface area contributed by atoms with E-state index in [1.54, 1.807) is 6.07 Å². The lowest BCUT2D eigenvalue weighted by molar-refractivity contribution is 0.718. The van der Waals surface area contributed by atoms with Gasteiger partial charge in [-0.05, 0) is 35.3 Å². The smallest absolute Gasteiger partial charge is 0.223 e. The van der Waals surface area contributed by atoms with Gasteiger partial charge in [-0.3, -0.25) is 0 Å². The van der Waals surface area contributed by atoms with Crippen LogP contribution >= 0.6 is 11.6 Å². The maximum absolute atomic E-state index is 5.87. The molecule has 2 aromatic rings. The summed E-state index contributed by atoms with van der Waals surface area (Å²) in [5.41, 5.74) is 8.64. The first kappa shape index (κ1) is 12.0. The summed E-state index contributed by atoms with van der Waals surface area (Å²) in [5, 5.41) is 3.71. The number of nitrogens with zero attached hydrogens (tertiary/aromatic N) is 2. The molecular weight excluding hydrogens is 272 g/mol. The third-order valence-electron chi connectivity index (χ3n) is 4.43. The highest BCUT2D eigenvalue weighted by atomic mass is 35.5. The molecule has 0 bridgehead atoms. The first-order valence-corrected chi connectivity index (χ1v) is 7.22. The molecule has 2 aliphatic carbocycles. The molecule has 3 unspecified atom stereocenters. The van der Waals surface area contributed by atoms with Crippen LogP contribution in [-0.2, 0) is 6.42 Å². The standard InChI is InChI=1S/C15H15ClN4/c16-12-6-13(20-15(17)19-12)18-7-11-10-5-8-3-1-2-4-9(8)14(10)11/h1-4,6,10-11,14H,5,7H2,(H3,17,18,19,20). The number of nitrogen functional groups attached to an aromatic ring is 1. The van der Waals surface area contributed by atoms with Crippen molar-refractivity contribution in [3.8, 4) is 0 Å². The zero-order chi connectivity index (χ0) is 13.7. The Labute approximate surface area is 122 Å². The number of anilines is 2. The molecule has 2 aliphatic rings. The number of nitrogens with one attached hydrogen (secondary N) is 1. The lowest BCUT2D eigenvalue weighted by Crippen LogP contribution is -2.10. The van der Waals surface area contributed by atoms with Crippen LogP contribution in [0.1, 0.15) is 17.0 Å². The molecule has 5 heteroatoms. The molecule has 0 saturated heterocycles. The fraction of sp³-hybridized carbons (Fsp3) is 0.333. The monoisotopic (exact) mass is 286 g/mol. The van der Waals surface area contributed by atoms with Gasteiger partial charge in [-0.15, -0.1) is 0 Å². The van der Waals surface area contributed by atoms with Gasteiger partial charge in [-0.2, -0.15) is 4.98 Å². The number of hydrogen-bond acceptors (Lipinski definition) is 4. The van der Waals surface area contributed by atoms with Crippen molar-refractivity contribution in [1.29, 1.82) is 0 Å². The molecule has 4 rings (SSSR count). The van der Waals surface area contributed by atoms with Gasteiger partial charge in [0.2, 0.25) is 5.95 Å². The van der Waals surface area contributed by atoms with Crippen molar-refractivity contribution >= 4 is 23.4 Å². The molecule has 3 atom stereocenters. The number of fused-ring (bicyclic) bond motifs is 3. The quantitative estimate of drug-likeness (QED) is 0.852. The first-order chi connectivity index (χ1) is 9.72. The maximum Gasteiger partial charge on any atom is 0.223 e. The number of halogens is 1. The van der Waals surface area contributed by atoms with Gasteiger partial charge in [0.25, 0.3) is 0 Å². The molecule has 3 N–H and O–H groups in total. The predicted molar refractivity (Wildman–Crippen MR) is 79.8 cm³/mol. The van der Waals surface area contributed by atoms with Crippen LogP contribution in [0.3, 0.4) is 0 Å². The van der Waals surface area contributed by atoms with E-state index in [4.69, 9.17) is 17.3 Å². The second kappa shape index (κ2) is 4.35. The van der Waals surface area contributed by atoms with Crippen LogP contribution in [0, 0.1) is 11.8 Å². The van der Waals surface area contributed by atoms with Gasteiger partial charge in [0.05, 0.1) is 0 Å². The highest BCUT2D eigenvalue weighted by Gasteiger charge is 2.54. The lowest BCUT2D eigenvalue weighted by atomic mass is 10.0. The van der Waals surface area contributed by atoms with Crippen LogP contribution in [0.4, 0.5) is 11.8 Å². The Balaban J connectivity index is 1.44.